The fourth-order valence-electron chi connectivity index (χ4n) is 1.18. The van der Waals surface area contributed by atoms with Crippen LogP contribution in [0.1, 0.15) is 31.1 Å². The average molecular weight is 202 g/mol. The number of anilines is 1. The summed E-state index contributed by atoms with van der Waals surface area (Å²) in [5.74, 6) is 0.0427. The van der Waals surface area contributed by atoms with E-state index in [1.54, 1.807) is 38.1 Å². The Labute approximate surface area is 89.7 Å². The van der Waals surface area contributed by atoms with Gasteiger partial charge in [-0.05, 0) is 45.0 Å². The standard InChI is InChI=1S/C12H14N2O/c1-9(15)10-4-6-11(7-5-10)14-12(2,3)8-13/h4-7,14H,1-3H3. The SMILES string of the molecule is CC(=O)c1ccc(NC(C)(C)C#N)cc1. The van der Waals surface area contributed by atoms with Gasteiger partial charge >= 0.3 is 0 Å². The number of hydrogen-bond donors (Lipinski definition) is 1. The number of nitriles is 1. The van der Waals surface area contributed by atoms with Gasteiger partial charge in [0.2, 0.25) is 0 Å². The number of nitrogens with one attached hydrogen (secondary N) is 1. The minimum absolute atomic E-state index is 0.0427. The van der Waals surface area contributed by atoms with Crippen LogP contribution < -0.4 is 5.32 Å². The van der Waals surface area contributed by atoms with E-state index >= 15 is 0 Å². The Morgan fingerprint density at radius 2 is 1.87 bits per heavy atom. The molecular weight excluding hydrogens is 188 g/mol. The minimum atomic E-state index is -0.599. The largest absolute Gasteiger partial charge is 0.368 e. The normalized spacial score (nSPS) is 10.5. The number of carbonyl (C=O) groups is 1. The van der Waals surface area contributed by atoms with E-state index in [2.05, 4.69) is 11.4 Å². The molecule has 0 unspecified atom stereocenters. The van der Waals surface area contributed by atoms with Gasteiger partial charge < -0.3 is 5.32 Å². The van der Waals surface area contributed by atoms with Gasteiger partial charge in [0.05, 0.1) is 6.07 Å². The van der Waals surface area contributed by atoms with Crippen molar-refractivity contribution in [2.45, 2.75) is 26.3 Å². The predicted octanol–water partition coefficient (Wildman–Crippen LogP) is 2.60. The van der Waals surface area contributed by atoms with Crippen molar-refractivity contribution in [2.24, 2.45) is 0 Å². The molecule has 78 valence electrons. The Balaban J connectivity index is 2.83. The lowest BCUT2D eigenvalue weighted by Gasteiger charge is -2.18. The molecule has 0 aliphatic carbocycles. The first-order chi connectivity index (χ1) is 6.94. The van der Waals surface area contributed by atoms with Gasteiger partial charge in [-0.25, -0.2) is 0 Å². The van der Waals surface area contributed by atoms with Crippen LogP contribution in [0.25, 0.3) is 0 Å². The first-order valence-electron chi connectivity index (χ1n) is 4.75. The third-order valence-electron chi connectivity index (χ3n) is 2.03. The maximum Gasteiger partial charge on any atom is 0.159 e. The fourth-order valence-corrected chi connectivity index (χ4v) is 1.18. The summed E-state index contributed by atoms with van der Waals surface area (Å²) in [6.07, 6.45) is 0. The van der Waals surface area contributed by atoms with Gasteiger partial charge in [-0.1, -0.05) is 0 Å². The van der Waals surface area contributed by atoms with Gasteiger partial charge in [0.15, 0.2) is 5.78 Å². The molecule has 0 heterocycles. The van der Waals surface area contributed by atoms with Crippen molar-refractivity contribution in [3.8, 4) is 6.07 Å². The monoisotopic (exact) mass is 202 g/mol. The number of ketones is 1. The van der Waals surface area contributed by atoms with Crippen molar-refractivity contribution in [3.63, 3.8) is 0 Å². The minimum Gasteiger partial charge on any atom is -0.368 e. The summed E-state index contributed by atoms with van der Waals surface area (Å²) >= 11 is 0. The summed E-state index contributed by atoms with van der Waals surface area (Å²) in [5.41, 5.74) is 0.916. The van der Waals surface area contributed by atoms with E-state index < -0.39 is 5.54 Å². The summed E-state index contributed by atoms with van der Waals surface area (Å²) in [4.78, 5) is 11.0. The van der Waals surface area contributed by atoms with Gasteiger partial charge in [-0.3, -0.25) is 4.79 Å². The number of Topliss-reactive ketones (excluding diaryl/α,β-unsaturated/α-hetero) is 1. The van der Waals surface area contributed by atoms with E-state index in [9.17, 15) is 4.79 Å². The van der Waals surface area contributed by atoms with Crippen molar-refractivity contribution >= 4 is 11.5 Å². The Kier molecular flexibility index (Phi) is 3.11. The van der Waals surface area contributed by atoms with Gasteiger partial charge in [-0.2, -0.15) is 5.26 Å². The lowest BCUT2D eigenvalue weighted by Crippen LogP contribution is -2.28. The number of benzene rings is 1. The van der Waals surface area contributed by atoms with Crippen LogP contribution in [0.2, 0.25) is 0 Å². The van der Waals surface area contributed by atoms with Crippen LogP contribution in [0.15, 0.2) is 24.3 Å². The number of hydrogen-bond acceptors (Lipinski definition) is 3. The molecular formula is C12H14N2O. The summed E-state index contributed by atoms with van der Waals surface area (Å²) in [6.45, 7) is 5.12. The average Bonchev–Trinajstić information content (AvgIpc) is 2.18. The highest BCUT2D eigenvalue weighted by Gasteiger charge is 2.15. The molecule has 0 aromatic heterocycles. The van der Waals surface area contributed by atoms with E-state index in [1.165, 1.54) is 6.92 Å². The molecule has 15 heavy (non-hydrogen) atoms. The molecule has 0 spiro atoms. The lowest BCUT2D eigenvalue weighted by molar-refractivity contribution is 0.101. The van der Waals surface area contributed by atoms with Crippen molar-refractivity contribution < 1.29 is 4.79 Å². The molecule has 1 N–H and O–H groups in total. The zero-order chi connectivity index (χ0) is 11.5. The van der Waals surface area contributed by atoms with E-state index in [0.29, 0.717) is 5.56 Å². The number of rotatable bonds is 3. The molecule has 0 fully saturated rings. The Morgan fingerprint density at radius 3 is 2.27 bits per heavy atom. The van der Waals surface area contributed by atoms with Gasteiger partial charge in [0, 0.05) is 11.3 Å². The molecule has 0 amide bonds. The predicted molar refractivity (Wildman–Crippen MR) is 59.8 cm³/mol. The van der Waals surface area contributed by atoms with E-state index in [4.69, 9.17) is 5.26 Å². The summed E-state index contributed by atoms with van der Waals surface area (Å²) in [5, 5.41) is 11.9. The number of carbonyl (C=O) groups excluding carboxylic acids is 1. The quantitative estimate of drug-likeness (QED) is 0.766. The summed E-state index contributed by atoms with van der Waals surface area (Å²) in [7, 11) is 0. The highest BCUT2D eigenvalue weighted by atomic mass is 16.1. The topological polar surface area (TPSA) is 52.9 Å². The number of nitrogens with zero attached hydrogens (tertiary/aromatic N) is 1. The molecule has 0 bridgehead atoms. The first-order valence-corrected chi connectivity index (χ1v) is 4.75. The molecule has 0 atom stereocenters. The molecule has 0 aliphatic heterocycles. The van der Waals surface area contributed by atoms with Crippen LogP contribution >= 0.6 is 0 Å². The molecule has 0 saturated heterocycles. The highest BCUT2D eigenvalue weighted by molar-refractivity contribution is 5.94. The summed E-state index contributed by atoms with van der Waals surface area (Å²) < 4.78 is 0. The van der Waals surface area contributed by atoms with Gasteiger partial charge in [0.1, 0.15) is 5.54 Å². The Bertz CT molecular complexity index is 399. The fraction of sp³-hybridized carbons (Fsp3) is 0.333. The third kappa shape index (κ3) is 3.10. The smallest absolute Gasteiger partial charge is 0.159 e. The first kappa shape index (κ1) is 11.3. The zero-order valence-corrected chi connectivity index (χ0v) is 9.16. The molecule has 3 heteroatoms. The second kappa shape index (κ2) is 4.14. The molecule has 1 rings (SSSR count). The third-order valence-corrected chi connectivity index (χ3v) is 2.03. The van der Waals surface area contributed by atoms with Gasteiger partial charge in [0.25, 0.3) is 0 Å². The van der Waals surface area contributed by atoms with Crippen molar-refractivity contribution in [1.29, 1.82) is 5.26 Å². The van der Waals surface area contributed by atoms with Crippen LogP contribution in [0.4, 0.5) is 5.69 Å². The molecule has 3 nitrogen and oxygen atoms in total. The van der Waals surface area contributed by atoms with Crippen molar-refractivity contribution in [3.05, 3.63) is 29.8 Å². The van der Waals surface area contributed by atoms with Crippen LogP contribution in [-0.4, -0.2) is 11.3 Å². The molecule has 1 aromatic carbocycles. The lowest BCUT2D eigenvalue weighted by atomic mass is 10.1. The van der Waals surface area contributed by atoms with Crippen molar-refractivity contribution in [1.82, 2.24) is 0 Å². The molecule has 1 aromatic rings. The Morgan fingerprint density at radius 1 is 1.33 bits per heavy atom. The van der Waals surface area contributed by atoms with E-state index in [-0.39, 0.29) is 5.78 Å². The second-order valence-electron chi connectivity index (χ2n) is 4.00. The zero-order valence-electron chi connectivity index (χ0n) is 9.16. The molecule has 0 saturated carbocycles. The van der Waals surface area contributed by atoms with Crippen LogP contribution in [0.3, 0.4) is 0 Å². The van der Waals surface area contributed by atoms with Gasteiger partial charge in [-0.15, -0.1) is 0 Å². The van der Waals surface area contributed by atoms with E-state index in [1.807, 2.05) is 0 Å². The summed E-state index contributed by atoms with van der Waals surface area (Å²) in [6, 6.07) is 9.25. The Hall–Kier alpha value is -1.82. The second-order valence-corrected chi connectivity index (χ2v) is 4.00. The van der Waals surface area contributed by atoms with E-state index in [0.717, 1.165) is 5.69 Å². The van der Waals surface area contributed by atoms with Crippen LogP contribution in [0.5, 0.6) is 0 Å². The van der Waals surface area contributed by atoms with Crippen LogP contribution in [-0.2, 0) is 0 Å². The van der Waals surface area contributed by atoms with Crippen LogP contribution in [0, 0.1) is 11.3 Å². The highest BCUT2D eigenvalue weighted by Crippen LogP contribution is 2.15. The molecule has 0 radical (unpaired) electrons. The van der Waals surface area contributed by atoms with Crippen molar-refractivity contribution in [2.75, 3.05) is 5.32 Å². The molecule has 0 aliphatic rings. The maximum absolute atomic E-state index is 11.0. The maximum atomic E-state index is 11.0.